The maximum Gasteiger partial charge on any atom is 0.490 e. The summed E-state index contributed by atoms with van der Waals surface area (Å²) in [6.07, 6.45) is -6.65. The van der Waals surface area contributed by atoms with E-state index in [0.29, 0.717) is 17.1 Å². The molecule has 1 aliphatic heterocycles. The van der Waals surface area contributed by atoms with Crippen LogP contribution in [0.4, 0.5) is 26.3 Å². The zero-order chi connectivity index (χ0) is 26.4. The van der Waals surface area contributed by atoms with E-state index in [1.165, 1.54) is 0 Å². The summed E-state index contributed by atoms with van der Waals surface area (Å²) in [5.41, 5.74) is 9.60. The second kappa shape index (κ2) is 11.2. The number of rotatable bonds is 2. The molecule has 0 bridgehead atoms. The number of aliphatic carboxylic acids is 2. The first-order chi connectivity index (χ1) is 15.5. The van der Waals surface area contributed by atoms with E-state index in [-0.39, 0.29) is 0 Å². The minimum Gasteiger partial charge on any atom is -0.475 e. The number of halogens is 7. The molecule has 2 aromatic rings. The van der Waals surface area contributed by atoms with E-state index in [1.807, 2.05) is 13.0 Å². The zero-order valence-corrected chi connectivity index (χ0v) is 17.8. The lowest BCUT2D eigenvalue weighted by Gasteiger charge is -2.20. The van der Waals surface area contributed by atoms with Crippen molar-refractivity contribution in [2.45, 2.75) is 32.4 Å². The first kappa shape index (κ1) is 28.7. The molecule has 34 heavy (non-hydrogen) atoms. The molecule has 0 saturated heterocycles. The van der Waals surface area contributed by atoms with Crippen LogP contribution in [0.25, 0.3) is 11.3 Å². The van der Waals surface area contributed by atoms with E-state index in [1.54, 1.807) is 12.4 Å². The lowest BCUT2D eigenvalue weighted by molar-refractivity contribution is -0.193. The summed E-state index contributed by atoms with van der Waals surface area (Å²) in [5.74, 6) is -6.00. The molecule has 188 valence electrons. The number of carbonyl (C=O) groups excluding carboxylic acids is 1. The van der Waals surface area contributed by atoms with Gasteiger partial charge in [0.05, 0.1) is 16.3 Å². The van der Waals surface area contributed by atoms with Crippen molar-refractivity contribution in [1.29, 1.82) is 0 Å². The average Bonchev–Trinajstić information content (AvgIpc) is 3.00. The highest BCUT2D eigenvalue weighted by Gasteiger charge is 2.38. The van der Waals surface area contributed by atoms with Gasteiger partial charge in [-0.15, -0.1) is 0 Å². The SMILES string of the molecule is Cc1ccncc1-c1c(Cl)c(C(N)=O)c2n1CCNC2.O=C(O)C(F)(F)F.O=C(O)C(F)(F)F. The Bertz CT molecular complexity index is 1040. The fourth-order valence-corrected chi connectivity index (χ4v) is 3.09. The number of aryl methyl sites for hydroxylation is 1. The Hall–Kier alpha value is -3.33. The Balaban J connectivity index is 0.000000343. The predicted molar refractivity (Wildman–Crippen MR) is 105 cm³/mol. The Labute approximate surface area is 192 Å². The van der Waals surface area contributed by atoms with Crippen LogP contribution in [0.3, 0.4) is 0 Å². The van der Waals surface area contributed by atoms with E-state index in [4.69, 9.17) is 37.1 Å². The smallest absolute Gasteiger partial charge is 0.475 e. The highest BCUT2D eigenvalue weighted by Crippen LogP contribution is 2.37. The molecule has 5 N–H and O–H groups in total. The van der Waals surface area contributed by atoms with Crippen molar-refractivity contribution >= 4 is 29.4 Å². The number of aromatic nitrogens is 2. The summed E-state index contributed by atoms with van der Waals surface area (Å²) in [6.45, 7) is 4.18. The molecule has 0 radical (unpaired) electrons. The average molecular weight is 519 g/mol. The van der Waals surface area contributed by atoms with Gasteiger partial charge in [0.15, 0.2) is 0 Å². The van der Waals surface area contributed by atoms with Crippen molar-refractivity contribution in [3.63, 3.8) is 0 Å². The van der Waals surface area contributed by atoms with E-state index in [9.17, 15) is 31.1 Å². The Morgan fingerprint density at radius 1 is 1.12 bits per heavy atom. The van der Waals surface area contributed by atoms with Crippen molar-refractivity contribution in [3.05, 3.63) is 40.3 Å². The number of primary amides is 1. The van der Waals surface area contributed by atoms with Crippen LogP contribution >= 0.6 is 11.6 Å². The monoisotopic (exact) mass is 518 g/mol. The first-order valence-electron chi connectivity index (χ1n) is 8.92. The molecule has 0 aliphatic carbocycles. The van der Waals surface area contributed by atoms with Crippen LogP contribution < -0.4 is 11.1 Å². The lowest BCUT2D eigenvalue weighted by atomic mass is 10.1. The summed E-state index contributed by atoms with van der Waals surface area (Å²) in [5, 5.41) is 17.9. The number of pyridine rings is 1. The summed E-state index contributed by atoms with van der Waals surface area (Å²) < 4.78 is 65.5. The molecule has 1 amide bonds. The predicted octanol–water partition coefficient (Wildman–Crippen LogP) is 2.98. The van der Waals surface area contributed by atoms with Gasteiger partial charge in [0.25, 0.3) is 5.91 Å². The molecule has 1 aliphatic rings. The molecule has 0 saturated carbocycles. The molecule has 0 fully saturated rings. The molecule has 0 aromatic carbocycles. The molecule has 3 heterocycles. The first-order valence-corrected chi connectivity index (χ1v) is 9.30. The Kier molecular flexibility index (Phi) is 9.45. The van der Waals surface area contributed by atoms with Crippen LogP contribution in [0.2, 0.25) is 5.02 Å². The van der Waals surface area contributed by atoms with Crippen molar-refractivity contribution in [3.8, 4) is 11.3 Å². The number of carboxylic acid groups (broad SMARTS) is 2. The fourth-order valence-electron chi connectivity index (χ4n) is 2.69. The molecule has 3 rings (SSSR count). The standard InChI is InChI=1S/C14H15ClN4O.2C2HF3O2/c1-8-2-3-17-6-9(8)13-12(15)11(14(16)20)10-7-18-4-5-19(10)13;2*3-2(4,5)1(6)7/h2-3,6,18H,4-5,7H2,1H3,(H2,16,20);2*(H,6,7). The van der Waals surface area contributed by atoms with Gasteiger partial charge >= 0.3 is 24.3 Å². The number of amides is 1. The number of nitrogens with one attached hydrogen (secondary N) is 1. The maximum absolute atomic E-state index is 11.7. The molecule has 9 nitrogen and oxygen atoms in total. The number of hydrogen-bond acceptors (Lipinski definition) is 5. The van der Waals surface area contributed by atoms with Gasteiger partial charge in [-0.2, -0.15) is 26.3 Å². The number of carboxylic acids is 2. The van der Waals surface area contributed by atoms with Gasteiger partial charge in [-0.3, -0.25) is 9.78 Å². The normalized spacial score (nSPS) is 12.9. The third-order valence-electron chi connectivity index (χ3n) is 4.14. The molecule has 0 unspecified atom stereocenters. The van der Waals surface area contributed by atoms with Gasteiger partial charge < -0.3 is 25.8 Å². The molecule has 16 heteroatoms. The second-order valence-electron chi connectivity index (χ2n) is 6.47. The summed E-state index contributed by atoms with van der Waals surface area (Å²) in [6, 6.07) is 1.93. The van der Waals surface area contributed by atoms with Gasteiger partial charge in [-0.05, 0) is 18.6 Å². The molecule has 0 spiro atoms. The minimum absolute atomic E-state index is 0.414. The number of alkyl halides is 6. The quantitative estimate of drug-likeness (QED) is 0.447. The van der Waals surface area contributed by atoms with Crippen LogP contribution in [-0.2, 0) is 22.7 Å². The van der Waals surface area contributed by atoms with E-state index in [2.05, 4.69) is 14.9 Å². The summed E-state index contributed by atoms with van der Waals surface area (Å²) in [7, 11) is 0. The number of carbonyl (C=O) groups is 3. The fraction of sp³-hybridized carbons (Fsp3) is 0.333. The van der Waals surface area contributed by atoms with Crippen LogP contribution in [0.1, 0.15) is 21.6 Å². The topological polar surface area (TPSA) is 148 Å². The number of fused-ring (bicyclic) bond motifs is 1. The number of nitrogens with zero attached hydrogens (tertiary/aromatic N) is 2. The van der Waals surface area contributed by atoms with E-state index < -0.39 is 30.2 Å². The van der Waals surface area contributed by atoms with Crippen LogP contribution in [-0.4, -0.2) is 56.5 Å². The molecular formula is C18H17ClF6N4O5. The van der Waals surface area contributed by atoms with Gasteiger partial charge in [0, 0.05) is 43.3 Å². The highest BCUT2D eigenvalue weighted by atomic mass is 35.5. The molecule has 0 atom stereocenters. The summed E-state index contributed by atoms with van der Waals surface area (Å²) >= 11 is 6.44. The summed E-state index contributed by atoms with van der Waals surface area (Å²) in [4.78, 5) is 33.7. The van der Waals surface area contributed by atoms with E-state index >= 15 is 0 Å². The van der Waals surface area contributed by atoms with Crippen molar-refractivity contribution in [1.82, 2.24) is 14.9 Å². The molecule has 2 aromatic heterocycles. The van der Waals surface area contributed by atoms with Crippen molar-refractivity contribution in [2.75, 3.05) is 6.54 Å². The van der Waals surface area contributed by atoms with Crippen molar-refractivity contribution in [2.24, 2.45) is 5.73 Å². The van der Waals surface area contributed by atoms with Gasteiger partial charge in [0.2, 0.25) is 0 Å². The van der Waals surface area contributed by atoms with Gasteiger partial charge in [0.1, 0.15) is 0 Å². The lowest BCUT2D eigenvalue weighted by Crippen LogP contribution is -2.30. The third-order valence-corrected chi connectivity index (χ3v) is 4.51. The van der Waals surface area contributed by atoms with Gasteiger partial charge in [-0.1, -0.05) is 11.6 Å². The highest BCUT2D eigenvalue weighted by molar-refractivity contribution is 6.36. The zero-order valence-electron chi connectivity index (χ0n) is 17.1. The number of nitrogens with two attached hydrogens (primary N) is 1. The van der Waals surface area contributed by atoms with Crippen LogP contribution in [0.15, 0.2) is 18.5 Å². The Morgan fingerprint density at radius 2 is 1.62 bits per heavy atom. The van der Waals surface area contributed by atoms with Crippen LogP contribution in [0, 0.1) is 6.92 Å². The van der Waals surface area contributed by atoms with Crippen LogP contribution in [0.5, 0.6) is 0 Å². The largest absolute Gasteiger partial charge is 0.490 e. The van der Waals surface area contributed by atoms with Gasteiger partial charge in [-0.25, -0.2) is 9.59 Å². The number of hydrogen-bond donors (Lipinski definition) is 4. The second-order valence-corrected chi connectivity index (χ2v) is 6.85. The molecular weight excluding hydrogens is 502 g/mol. The maximum atomic E-state index is 11.7. The van der Waals surface area contributed by atoms with E-state index in [0.717, 1.165) is 35.6 Å². The third kappa shape index (κ3) is 7.34. The Morgan fingerprint density at radius 3 is 2.03 bits per heavy atom. The minimum atomic E-state index is -5.08. The van der Waals surface area contributed by atoms with Crippen molar-refractivity contribution < 1.29 is 50.9 Å².